The molecule has 0 aromatic carbocycles. The normalized spacial score (nSPS) is 38.5. The van der Waals surface area contributed by atoms with E-state index in [1.54, 1.807) is 0 Å². The minimum Gasteiger partial charge on any atom is -0.381 e. The van der Waals surface area contributed by atoms with Crippen molar-refractivity contribution >= 4 is 0 Å². The Morgan fingerprint density at radius 2 is 2.12 bits per heavy atom. The summed E-state index contributed by atoms with van der Waals surface area (Å²) < 4.78 is 5.55. The fourth-order valence-corrected chi connectivity index (χ4v) is 3.49. The van der Waals surface area contributed by atoms with Crippen LogP contribution in [0.4, 0.5) is 0 Å². The summed E-state index contributed by atoms with van der Waals surface area (Å²) in [6.45, 7) is 10.6. The zero-order valence-corrected chi connectivity index (χ0v) is 11.8. The molecule has 0 aromatic heterocycles. The highest BCUT2D eigenvalue weighted by Crippen LogP contribution is 2.45. The Balaban J connectivity index is 1.91. The van der Waals surface area contributed by atoms with Gasteiger partial charge in [0.05, 0.1) is 6.10 Å². The van der Waals surface area contributed by atoms with E-state index in [9.17, 15) is 0 Å². The second kappa shape index (κ2) is 5.25. The molecule has 0 bridgehead atoms. The van der Waals surface area contributed by atoms with Gasteiger partial charge in [-0.15, -0.1) is 0 Å². The third-order valence-corrected chi connectivity index (χ3v) is 4.94. The van der Waals surface area contributed by atoms with Gasteiger partial charge in [-0.25, -0.2) is 0 Å². The summed E-state index contributed by atoms with van der Waals surface area (Å²) in [6, 6.07) is 1.44. The predicted molar refractivity (Wildman–Crippen MR) is 71.3 cm³/mol. The Hall–Kier alpha value is -0.120. The van der Waals surface area contributed by atoms with Gasteiger partial charge < -0.3 is 10.1 Å². The second-order valence-corrected chi connectivity index (χ2v) is 6.18. The van der Waals surface area contributed by atoms with Crippen LogP contribution in [0.5, 0.6) is 0 Å². The van der Waals surface area contributed by atoms with E-state index in [0.29, 0.717) is 17.6 Å². The van der Waals surface area contributed by atoms with E-state index in [-0.39, 0.29) is 0 Å². The minimum absolute atomic E-state index is 0.320. The zero-order chi connectivity index (χ0) is 12.5. The van der Waals surface area contributed by atoms with Gasteiger partial charge >= 0.3 is 0 Å². The molecule has 2 rings (SSSR count). The highest BCUT2D eigenvalue weighted by molar-refractivity contribution is 5.04. The third-order valence-electron chi connectivity index (χ3n) is 4.94. The van der Waals surface area contributed by atoms with Crippen molar-refractivity contribution in [3.63, 3.8) is 0 Å². The molecule has 0 spiro atoms. The van der Waals surface area contributed by atoms with Gasteiger partial charge in [-0.1, -0.05) is 20.8 Å². The van der Waals surface area contributed by atoms with Crippen molar-refractivity contribution < 1.29 is 4.74 Å². The Kier molecular flexibility index (Phi) is 4.11. The Bertz CT molecular complexity index is 255. The molecule has 100 valence electrons. The molecule has 2 fully saturated rings. The first kappa shape index (κ1) is 13.3. The van der Waals surface area contributed by atoms with Gasteiger partial charge in [-0.2, -0.15) is 0 Å². The number of ether oxygens (including phenoxy) is 1. The molecule has 1 aliphatic heterocycles. The van der Waals surface area contributed by atoms with Crippen LogP contribution in [0.25, 0.3) is 0 Å². The summed E-state index contributed by atoms with van der Waals surface area (Å²) in [7, 11) is 1.85. The van der Waals surface area contributed by atoms with E-state index in [1.807, 2.05) is 7.11 Å². The van der Waals surface area contributed by atoms with E-state index >= 15 is 0 Å². The van der Waals surface area contributed by atoms with Crippen molar-refractivity contribution in [2.45, 2.75) is 58.2 Å². The van der Waals surface area contributed by atoms with Crippen molar-refractivity contribution in [3.05, 3.63) is 0 Å². The van der Waals surface area contributed by atoms with E-state index in [1.165, 1.54) is 32.4 Å². The van der Waals surface area contributed by atoms with Crippen molar-refractivity contribution in [1.29, 1.82) is 0 Å². The summed E-state index contributed by atoms with van der Waals surface area (Å²) in [5, 5.41) is 3.64. The maximum absolute atomic E-state index is 5.55. The first-order chi connectivity index (χ1) is 8.09. The molecule has 3 unspecified atom stereocenters. The van der Waals surface area contributed by atoms with Gasteiger partial charge in [0.25, 0.3) is 0 Å². The van der Waals surface area contributed by atoms with Crippen LogP contribution in [-0.2, 0) is 4.74 Å². The Morgan fingerprint density at radius 3 is 2.71 bits per heavy atom. The molecule has 3 heteroatoms. The summed E-state index contributed by atoms with van der Waals surface area (Å²) in [5.41, 5.74) is 0.320. The van der Waals surface area contributed by atoms with Gasteiger partial charge in [-0.3, -0.25) is 4.90 Å². The lowest BCUT2D eigenvalue weighted by Crippen LogP contribution is -2.62. The van der Waals surface area contributed by atoms with Crippen molar-refractivity contribution in [3.8, 4) is 0 Å². The van der Waals surface area contributed by atoms with Crippen LogP contribution in [0.1, 0.15) is 40.0 Å². The first-order valence-corrected chi connectivity index (χ1v) is 7.09. The maximum atomic E-state index is 5.55. The smallest absolute Gasteiger partial charge is 0.0652 e. The van der Waals surface area contributed by atoms with Gasteiger partial charge in [0.1, 0.15) is 0 Å². The van der Waals surface area contributed by atoms with Gasteiger partial charge in [0.2, 0.25) is 0 Å². The fraction of sp³-hybridized carbons (Fsp3) is 1.00. The van der Waals surface area contributed by atoms with E-state index < -0.39 is 0 Å². The summed E-state index contributed by atoms with van der Waals surface area (Å²) >= 11 is 0. The van der Waals surface area contributed by atoms with Gasteiger partial charge in [0.15, 0.2) is 0 Å². The first-order valence-electron chi connectivity index (χ1n) is 7.09. The quantitative estimate of drug-likeness (QED) is 0.815. The largest absolute Gasteiger partial charge is 0.381 e. The molecular formula is C14H28N2O. The topological polar surface area (TPSA) is 24.5 Å². The van der Waals surface area contributed by atoms with Crippen LogP contribution in [0.3, 0.4) is 0 Å². The fourth-order valence-electron chi connectivity index (χ4n) is 3.49. The van der Waals surface area contributed by atoms with E-state index in [0.717, 1.165) is 12.6 Å². The third kappa shape index (κ3) is 2.51. The highest BCUT2D eigenvalue weighted by Gasteiger charge is 2.51. The predicted octanol–water partition coefficient (Wildman–Crippen LogP) is 1.87. The molecule has 2 aliphatic rings. The van der Waals surface area contributed by atoms with Gasteiger partial charge in [-0.05, 0) is 25.8 Å². The Morgan fingerprint density at radius 1 is 1.35 bits per heavy atom. The number of nitrogens with one attached hydrogen (secondary N) is 1. The van der Waals surface area contributed by atoms with E-state index in [2.05, 4.69) is 31.0 Å². The average molecular weight is 240 g/mol. The standard InChI is InChI=1S/C14H28N2O/c1-5-11-6-8-16(9-7-15-11)12-10-13(17-4)14(12,2)3/h11-13,15H,5-10H2,1-4H3. The van der Waals surface area contributed by atoms with Crippen LogP contribution in [0.2, 0.25) is 0 Å². The second-order valence-electron chi connectivity index (χ2n) is 6.18. The van der Waals surface area contributed by atoms with Gasteiger partial charge in [0, 0.05) is 37.7 Å². The molecule has 0 aromatic rings. The number of methoxy groups -OCH3 is 1. The van der Waals surface area contributed by atoms with Crippen molar-refractivity contribution in [1.82, 2.24) is 10.2 Å². The molecule has 1 N–H and O–H groups in total. The lowest BCUT2D eigenvalue weighted by molar-refractivity contribution is -0.136. The molecular weight excluding hydrogens is 212 g/mol. The highest BCUT2D eigenvalue weighted by atomic mass is 16.5. The minimum atomic E-state index is 0.320. The lowest BCUT2D eigenvalue weighted by atomic mass is 9.63. The molecule has 0 amide bonds. The molecule has 1 saturated heterocycles. The maximum Gasteiger partial charge on any atom is 0.0652 e. The molecule has 0 radical (unpaired) electrons. The van der Waals surface area contributed by atoms with Crippen LogP contribution in [-0.4, -0.2) is 49.8 Å². The molecule has 3 atom stereocenters. The van der Waals surface area contributed by atoms with Crippen molar-refractivity contribution in [2.24, 2.45) is 5.41 Å². The molecule has 3 nitrogen and oxygen atoms in total. The SMILES string of the molecule is CCC1CCN(C2CC(OC)C2(C)C)CCN1. The number of hydrogen-bond donors (Lipinski definition) is 1. The Labute approximate surface area is 106 Å². The monoisotopic (exact) mass is 240 g/mol. The van der Waals surface area contributed by atoms with Crippen LogP contribution in [0.15, 0.2) is 0 Å². The molecule has 1 heterocycles. The van der Waals surface area contributed by atoms with Crippen LogP contribution < -0.4 is 5.32 Å². The number of hydrogen-bond acceptors (Lipinski definition) is 3. The molecule has 17 heavy (non-hydrogen) atoms. The molecule has 1 saturated carbocycles. The van der Waals surface area contributed by atoms with Crippen LogP contribution in [0, 0.1) is 5.41 Å². The van der Waals surface area contributed by atoms with E-state index in [4.69, 9.17) is 4.74 Å². The average Bonchev–Trinajstić information content (AvgIpc) is 2.53. The zero-order valence-electron chi connectivity index (χ0n) is 11.8. The number of nitrogens with zero attached hydrogens (tertiary/aromatic N) is 1. The van der Waals surface area contributed by atoms with Crippen LogP contribution >= 0.6 is 0 Å². The summed E-state index contributed by atoms with van der Waals surface area (Å²) in [5.74, 6) is 0. The summed E-state index contributed by atoms with van der Waals surface area (Å²) in [6.07, 6.45) is 4.20. The summed E-state index contributed by atoms with van der Waals surface area (Å²) in [4.78, 5) is 2.68. The number of rotatable bonds is 3. The lowest BCUT2D eigenvalue weighted by Gasteiger charge is -2.55. The molecule has 1 aliphatic carbocycles. The van der Waals surface area contributed by atoms with Crippen molar-refractivity contribution in [2.75, 3.05) is 26.7 Å².